The summed E-state index contributed by atoms with van der Waals surface area (Å²) < 4.78 is 1.81. The van der Waals surface area contributed by atoms with Crippen LogP contribution in [0.25, 0.3) is 16.7 Å². The predicted octanol–water partition coefficient (Wildman–Crippen LogP) is 3.70. The fourth-order valence-electron chi connectivity index (χ4n) is 3.44. The number of carbonyl (C=O) groups excluding carboxylic acids is 1. The lowest BCUT2D eigenvalue weighted by molar-refractivity contribution is -0.130. The van der Waals surface area contributed by atoms with E-state index in [0.29, 0.717) is 0 Å². The third-order valence-corrected chi connectivity index (χ3v) is 5.99. The zero-order chi connectivity index (χ0) is 18.6. The number of aromatic nitrogens is 4. The van der Waals surface area contributed by atoms with Crippen molar-refractivity contribution in [2.24, 2.45) is 0 Å². The first-order valence-corrected chi connectivity index (χ1v) is 10.3. The smallest absolute Gasteiger partial charge is 0.235 e. The maximum absolute atomic E-state index is 12.9. The van der Waals surface area contributed by atoms with Crippen LogP contribution in [0.3, 0.4) is 0 Å². The molecule has 0 spiro atoms. The van der Waals surface area contributed by atoms with Gasteiger partial charge < -0.3 is 4.90 Å². The number of hydrogen-bond donors (Lipinski definition) is 0. The number of benzene rings is 1. The maximum atomic E-state index is 12.9. The highest BCUT2D eigenvalue weighted by Gasteiger charge is 2.24. The first-order valence-electron chi connectivity index (χ1n) is 9.43. The number of para-hydroxylation sites is 1. The lowest BCUT2D eigenvalue weighted by atomic mass is 10.2. The van der Waals surface area contributed by atoms with Gasteiger partial charge in [0.05, 0.1) is 22.5 Å². The molecule has 1 aliphatic rings. The van der Waals surface area contributed by atoms with Gasteiger partial charge in [-0.2, -0.15) is 5.10 Å². The summed E-state index contributed by atoms with van der Waals surface area (Å²) >= 11 is 1.49. The van der Waals surface area contributed by atoms with Crippen LogP contribution in [0.15, 0.2) is 47.9 Å². The molecule has 27 heavy (non-hydrogen) atoms. The van der Waals surface area contributed by atoms with Gasteiger partial charge in [0, 0.05) is 13.1 Å². The molecule has 2 aromatic heterocycles. The molecule has 1 atom stereocenters. The van der Waals surface area contributed by atoms with Crippen molar-refractivity contribution in [2.75, 3.05) is 13.1 Å². The number of hydrogen-bond acceptors (Lipinski definition) is 5. The van der Waals surface area contributed by atoms with Gasteiger partial charge in [-0.3, -0.25) is 4.79 Å². The van der Waals surface area contributed by atoms with Gasteiger partial charge >= 0.3 is 0 Å². The number of carbonyl (C=O) groups is 1. The van der Waals surface area contributed by atoms with Crippen LogP contribution in [0.1, 0.15) is 32.6 Å². The summed E-state index contributed by atoms with van der Waals surface area (Å²) in [6, 6.07) is 9.91. The summed E-state index contributed by atoms with van der Waals surface area (Å²) in [5.41, 5.74) is 1.71. The van der Waals surface area contributed by atoms with Crippen molar-refractivity contribution < 1.29 is 4.79 Å². The highest BCUT2D eigenvalue weighted by Crippen LogP contribution is 2.30. The van der Waals surface area contributed by atoms with E-state index in [1.165, 1.54) is 24.6 Å². The Hall–Kier alpha value is -2.41. The molecule has 4 rings (SSSR count). The summed E-state index contributed by atoms with van der Waals surface area (Å²) in [6.45, 7) is 3.71. The van der Waals surface area contributed by atoms with Gasteiger partial charge in [0.25, 0.3) is 0 Å². The van der Waals surface area contributed by atoms with Gasteiger partial charge in [-0.25, -0.2) is 14.6 Å². The highest BCUT2D eigenvalue weighted by atomic mass is 32.2. The van der Waals surface area contributed by atoms with Crippen LogP contribution in [0.5, 0.6) is 0 Å². The lowest BCUT2D eigenvalue weighted by Crippen LogP contribution is -2.37. The Kier molecular flexibility index (Phi) is 5.38. The van der Waals surface area contributed by atoms with Crippen LogP contribution >= 0.6 is 11.8 Å². The Morgan fingerprint density at radius 3 is 2.56 bits per heavy atom. The molecule has 1 fully saturated rings. The molecule has 0 N–H and O–H groups in total. The molecule has 0 unspecified atom stereocenters. The van der Waals surface area contributed by atoms with Crippen molar-refractivity contribution in [3.63, 3.8) is 0 Å². The van der Waals surface area contributed by atoms with Gasteiger partial charge in [0.1, 0.15) is 11.4 Å². The predicted molar refractivity (Wildman–Crippen MR) is 107 cm³/mol. The van der Waals surface area contributed by atoms with E-state index in [0.717, 1.165) is 47.7 Å². The summed E-state index contributed by atoms with van der Waals surface area (Å²) in [7, 11) is 0. The minimum atomic E-state index is -0.179. The van der Waals surface area contributed by atoms with E-state index >= 15 is 0 Å². The Labute approximate surface area is 163 Å². The SMILES string of the molecule is C[C@@H](Sc1ncnc2c1cnn2-c1ccccc1)C(=O)N1CCCCCC1. The van der Waals surface area contributed by atoms with Gasteiger partial charge in [0.2, 0.25) is 5.91 Å². The molecule has 3 aromatic rings. The molecule has 0 saturated carbocycles. The average molecular weight is 382 g/mol. The van der Waals surface area contributed by atoms with Gasteiger partial charge in [-0.05, 0) is 31.9 Å². The number of amides is 1. The van der Waals surface area contributed by atoms with E-state index in [2.05, 4.69) is 15.1 Å². The molecule has 0 bridgehead atoms. The third kappa shape index (κ3) is 3.83. The number of likely N-dealkylation sites (tertiary alicyclic amines) is 1. The van der Waals surface area contributed by atoms with Gasteiger partial charge in [0.15, 0.2) is 5.65 Å². The Morgan fingerprint density at radius 1 is 1.07 bits per heavy atom. The molecule has 0 aliphatic carbocycles. The second kappa shape index (κ2) is 8.08. The van der Waals surface area contributed by atoms with Crippen LogP contribution in [0.2, 0.25) is 0 Å². The third-order valence-electron chi connectivity index (χ3n) is 4.88. The van der Waals surface area contributed by atoms with Crippen molar-refractivity contribution in [1.82, 2.24) is 24.6 Å². The number of rotatable bonds is 4. The molecular weight excluding hydrogens is 358 g/mol. The van der Waals surface area contributed by atoms with Gasteiger partial charge in [-0.15, -0.1) is 0 Å². The first kappa shape index (κ1) is 18.0. The van der Waals surface area contributed by atoms with Crippen LogP contribution in [-0.2, 0) is 4.79 Å². The van der Waals surface area contributed by atoms with E-state index in [9.17, 15) is 4.79 Å². The molecule has 1 aromatic carbocycles. The molecule has 1 saturated heterocycles. The van der Waals surface area contributed by atoms with Crippen molar-refractivity contribution >= 4 is 28.7 Å². The molecule has 7 heteroatoms. The summed E-state index contributed by atoms with van der Waals surface area (Å²) in [5.74, 6) is 0.198. The van der Waals surface area contributed by atoms with E-state index in [4.69, 9.17) is 0 Å². The molecule has 6 nitrogen and oxygen atoms in total. The molecule has 1 aliphatic heterocycles. The fraction of sp³-hybridized carbons (Fsp3) is 0.400. The van der Waals surface area contributed by atoms with Crippen molar-refractivity contribution in [3.8, 4) is 5.69 Å². The number of fused-ring (bicyclic) bond motifs is 1. The van der Waals surface area contributed by atoms with Crippen molar-refractivity contribution in [3.05, 3.63) is 42.9 Å². The normalized spacial score (nSPS) is 16.3. The minimum absolute atomic E-state index is 0.179. The number of nitrogens with zero attached hydrogens (tertiary/aromatic N) is 5. The molecule has 140 valence electrons. The standard InChI is InChI=1S/C20H23N5OS/c1-15(20(26)24-11-7-2-3-8-12-24)27-19-17-13-23-25(18(17)21-14-22-19)16-9-5-4-6-10-16/h4-6,9-10,13-15H,2-3,7-8,11-12H2,1H3/t15-/m1/s1. The highest BCUT2D eigenvalue weighted by molar-refractivity contribution is 8.00. The summed E-state index contributed by atoms with van der Waals surface area (Å²) in [5, 5.41) is 5.99. The second-order valence-electron chi connectivity index (χ2n) is 6.81. The molecule has 0 radical (unpaired) electrons. The van der Waals surface area contributed by atoms with Crippen LogP contribution in [0.4, 0.5) is 0 Å². The van der Waals surface area contributed by atoms with E-state index in [1.807, 2.05) is 46.8 Å². The van der Waals surface area contributed by atoms with E-state index in [1.54, 1.807) is 12.5 Å². The Balaban J connectivity index is 1.57. The topological polar surface area (TPSA) is 63.9 Å². The second-order valence-corrected chi connectivity index (χ2v) is 8.14. The quantitative estimate of drug-likeness (QED) is 0.509. The monoisotopic (exact) mass is 381 g/mol. The maximum Gasteiger partial charge on any atom is 0.235 e. The molecule has 1 amide bonds. The zero-order valence-corrected chi connectivity index (χ0v) is 16.2. The summed E-state index contributed by atoms with van der Waals surface area (Å²) in [4.78, 5) is 23.7. The minimum Gasteiger partial charge on any atom is -0.342 e. The average Bonchev–Trinajstić information content (AvgIpc) is 2.95. The molecule has 3 heterocycles. The van der Waals surface area contributed by atoms with Crippen LogP contribution in [0, 0.1) is 0 Å². The lowest BCUT2D eigenvalue weighted by Gasteiger charge is -2.23. The van der Waals surface area contributed by atoms with E-state index < -0.39 is 0 Å². The molecular formula is C20H23N5OS. The summed E-state index contributed by atoms with van der Waals surface area (Å²) in [6.07, 6.45) is 7.98. The van der Waals surface area contributed by atoms with Crippen molar-refractivity contribution in [1.29, 1.82) is 0 Å². The zero-order valence-electron chi connectivity index (χ0n) is 15.4. The van der Waals surface area contributed by atoms with E-state index in [-0.39, 0.29) is 11.2 Å². The number of thioether (sulfide) groups is 1. The Bertz CT molecular complexity index is 919. The fourth-order valence-corrected chi connectivity index (χ4v) is 4.40. The van der Waals surface area contributed by atoms with Crippen LogP contribution in [-0.4, -0.2) is 48.9 Å². The van der Waals surface area contributed by atoms with Crippen LogP contribution < -0.4 is 0 Å². The Morgan fingerprint density at radius 2 is 1.81 bits per heavy atom. The van der Waals surface area contributed by atoms with Gasteiger partial charge in [-0.1, -0.05) is 42.8 Å². The van der Waals surface area contributed by atoms with Crippen molar-refractivity contribution in [2.45, 2.75) is 42.9 Å². The first-order chi connectivity index (χ1) is 13.2. The largest absolute Gasteiger partial charge is 0.342 e.